The fraction of sp³-hybridized carbons (Fsp3) is 0.500. The van der Waals surface area contributed by atoms with Gasteiger partial charge in [0.05, 0.1) is 0 Å². The third-order valence-corrected chi connectivity index (χ3v) is 3.10. The Hall–Kier alpha value is -0.120. The van der Waals surface area contributed by atoms with E-state index in [2.05, 4.69) is 35.1 Å². The molecule has 1 nitrogen and oxygen atoms in total. The number of alkyl halides is 1. The number of halogens is 3. The quantitative estimate of drug-likeness (QED) is 0.807. The lowest BCUT2D eigenvalue weighted by atomic mass is 10.1. The summed E-state index contributed by atoms with van der Waals surface area (Å²) in [5.74, 6) is -0.251. The molecule has 1 aromatic rings. The van der Waals surface area contributed by atoms with Gasteiger partial charge in [0.2, 0.25) is 0 Å². The van der Waals surface area contributed by atoms with Crippen LogP contribution in [-0.4, -0.2) is 10.9 Å². The topological polar surface area (TPSA) is 12.0 Å². The standard InChI is InChI=1S/C12H16BrClFN/c1-8(13)6-9(2)16-7-10-11(14)4-3-5-12(10)15/h3-5,8-9,16H,6-7H2,1-2H3. The van der Waals surface area contributed by atoms with Crippen molar-refractivity contribution in [2.75, 3.05) is 0 Å². The maximum absolute atomic E-state index is 13.4. The minimum atomic E-state index is -0.251. The molecule has 1 rings (SSSR count). The summed E-state index contributed by atoms with van der Waals surface area (Å²) in [5, 5.41) is 3.74. The van der Waals surface area contributed by atoms with Crippen LogP contribution >= 0.6 is 27.5 Å². The zero-order chi connectivity index (χ0) is 12.1. The highest BCUT2D eigenvalue weighted by Gasteiger charge is 2.09. The molecule has 0 aliphatic heterocycles. The summed E-state index contributed by atoms with van der Waals surface area (Å²) in [6.07, 6.45) is 0.992. The molecule has 0 saturated heterocycles. The van der Waals surface area contributed by atoms with Crippen LogP contribution in [-0.2, 0) is 6.54 Å². The van der Waals surface area contributed by atoms with E-state index in [1.807, 2.05) is 0 Å². The summed E-state index contributed by atoms with van der Waals surface area (Å²) in [7, 11) is 0. The third-order valence-electron chi connectivity index (χ3n) is 2.37. The van der Waals surface area contributed by atoms with E-state index in [4.69, 9.17) is 11.6 Å². The van der Waals surface area contributed by atoms with Crippen LogP contribution in [0, 0.1) is 5.82 Å². The lowest BCUT2D eigenvalue weighted by Gasteiger charge is -2.16. The number of hydrogen-bond donors (Lipinski definition) is 1. The summed E-state index contributed by atoms with van der Waals surface area (Å²) >= 11 is 9.42. The van der Waals surface area contributed by atoms with Crippen molar-refractivity contribution in [3.05, 3.63) is 34.6 Å². The Labute approximate surface area is 110 Å². The van der Waals surface area contributed by atoms with E-state index in [0.717, 1.165) is 6.42 Å². The fourth-order valence-corrected chi connectivity index (χ4v) is 2.34. The molecule has 0 bridgehead atoms. The molecule has 0 spiro atoms. The fourth-order valence-electron chi connectivity index (χ4n) is 1.55. The van der Waals surface area contributed by atoms with Gasteiger partial charge in [-0.3, -0.25) is 0 Å². The average molecular weight is 309 g/mol. The Morgan fingerprint density at radius 1 is 1.44 bits per heavy atom. The molecule has 16 heavy (non-hydrogen) atoms. The van der Waals surface area contributed by atoms with Crippen molar-refractivity contribution >= 4 is 27.5 Å². The monoisotopic (exact) mass is 307 g/mol. The number of hydrogen-bond acceptors (Lipinski definition) is 1. The average Bonchev–Trinajstić information content (AvgIpc) is 2.15. The van der Waals surface area contributed by atoms with Crippen molar-refractivity contribution in [1.82, 2.24) is 5.32 Å². The van der Waals surface area contributed by atoms with Crippen LogP contribution in [0.1, 0.15) is 25.8 Å². The van der Waals surface area contributed by atoms with E-state index in [-0.39, 0.29) is 5.82 Å². The molecule has 0 aromatic heterocycles. The Balaban J connectivity index is 2.54. The van der Waals surface area contributed by atoms with Gasteiger partial charge in [0.15, 0.2) is 0 Å². The lowest BCUT2D eigenvalue weighted by Crippen LogP contribution is -2.27. The Kier molecular flexibility index (Phi) is 5.73. The van der Waals surface area contributed by atoms with Gasteiger partial charge in [-0.1, -0.05) is 40.5 Å². The van der Waals surface area contributed by atoms with Gasteiger partial charge < -0.3 is 5.32 Å². The van der Waals surface area contributed by atoms with Gasteiger partial charge in [0.1, 0.15) is 5.82 Å². The molecular formula is C12H16BrClFN. The van der Waals surface area contributed by atoms with Crippen molar-refractivity contribution in [1.29, 1.82) is 0 Å². The first-order valence-electron chi connectivity index (χ1n) is 5.31. The summed E-state index contributed by atoms with van der Waals surface area (Å²) < 4.78 is 13.4. The SMILES string of the molecule is CC(Br)CC(C)NCc1c(F)cccc1Cl. The van der Waals surface area contributed by atoms with E-state index in [1.54, 1.807) is 12.1 Å². The van der Waals surface area contributed by atoms with Crippen LogP contribution in [0.15, 0.2) is 18.2 Å². The Morgan fingerprint density at radius 3 is 2.69 bits per heavy atom. The minimum Gasteiger partial charge on any atom is -0.310 e. The van der Waals surface area contributed by atoms with E-state index in [0.29, 0.717) is 28.0 Å². The smallest absolute Gasteiger partial charge is 0.129 e. The van der Waals surface area contributed by atoms with Gasteiger partial charge in [0.25, 0.3) is 0 Å². The molecule has 2 unspecified atom stereocenters. The maximum Gasteiger partial charge on any atom is 0.129 e. The number of rotatable bonds is 5. The van der Waals surface area contributed by atoms with E-state index in [1.165, 1.54) is 6.07 Å². The molecule has 0 amide bonds. The summed E-state index contributed by atoms with van der Waals surface area (Å²) in [4.78, 5) is 0.450. The van der Waals surface area contributed by atoms with Crippen LogP contribution in [0.5, 0.6) is 0 Å². The largest absolute Gasteiger partial charge is 0.310 e. The number of nitrogens with one attached hydrogen (secondary N) is 1. The molecule has 0 fully saturated rings. The second-order valence-corrected chi connectivity index (χ2v) is 5.97. The van der Waals surface area contributed by atoms with Crippen molar-refractivity contribution in [2.24, 2.45) is 0 Å². The molecule has 1 N–H and O–H groups in total. The molecule has 1 aromatic carbocycles. The van der Waals surface area contributed by atoms with Crippen LogP contribution < -0.4 is 5.32 Å². The van der Waals surface area contributed by atoms with Crippen LogP contribution in [0.25, 0.3) is 0 Å². The first kappa shape index (κ1) is 13.9. The molecule has 0 aliphatic rings. The lowest BCUT2D eigenvalue weighted by molar-refractivity contribution is 0.502. The van der Waals surface area contributed by atoms with Crippen molar-refractivity contribution < 1.29 is 4.39 Å². The van der Waals surface area contributed by atoms with Crippen LogP contribution in [0.2, 0.25) is 5.02 Å². The third kappa shape index (κ3) is 4.40. The number of benzene rings is 1. The Bertz CT molecular complexity index is 324. The zero-order valence-corrected chi connectivity index (χ0v) is 11.8. The highest BCUT2D eigenvalue weighted by Crippen LogP contribution is 2.19. The molecule has 4 heteroatoms. The van der Waals surface area contributed by atoms with Gasteiger partial charge in [-0.15, -0.1) is 0 Å². The Morgan fingerprint density at radius 2 is 2.12 bits per heavy atom. The van der Waals surface area contributed by atoms with E-state index < -0.39 is 0 Å². The molecular weight excluding hydrogens is 292 g/mol. The predicted octanol–water partition coefficient (Wildman–Crippen LogP) is 4.13. The zero-order valence-electron chi connectivity index (χ0n) is 9.43. The van der Waals surface area contributed by atoms with Crippen molar-refractivity contribution in [3.63, 3.8) is 0 Å². The van der Waals surface area contributed by atoms with Crippen LogP contribution in [0.3, 0.4) is 0 Å². The molecule has 90 valence electrons. The first-order valence-corrected chi connectivity index (χ1v) is 6.60. The molecule has 0 saturated carbocycles. The van der Waals surface area contributed by atoms with Gasteiger partial charge >= 0.3 is 0 Å². The second kappa shape index (κ2) is 6.58. The van der Waals surface area contributed by atoms with Gasteiger partial charge in [-0.2, -0.15) is 0 Å². The predicted molar refractivity (Wildman–Crippen MR) is 70.7 cm³/mol. The minimum absolute atomic E-state index is 0.251. The van der Waals surface area contributed by atoms with E-state index in [9.17, 15) is 4.39 Å². The van der Waals surface area contributed by atoms with Gasteiger partial charge in [-0.05, 0) is 25.5 Å². The first-order chi connectivity index (χ1) is 7.50. The molecule has 0 radical (unpaired) electrons. The second-order valence-electron chi connectivity index (χ2n) is 4.00. The van der Waals surface area contributed by atoms with E-state index >= 15 is 0 Å². The van der Waals surface area contributed by atoms with Gasteiger partial charge in [-0.25, -0.2) is 4.39 Å². The molecule has 2 atom stereocenters. The highest BCUT2D eigenvalue weighted by molar-refractivity contribution is 9.09. The maximum atomic E-state index is 13.4. The van der Waals surface area contributed by atoms with Gasteiger partial charge in [0, 0.05) is 28.0 Å². The molecule has 0 heterocycles. The molecule has 0 aliphatic carbocycles. The van der Waals surface area contributed by atoms with Crippen LogP contribution in [0.4, 0.5) is 4.39 Å². The normalized spacial score (nSPS) is 14.8. The van der Waals surface area contributed by atoms with Crippen molar-refractivity contribution in [2.45, 2.75) is 37.7 Å². The van der Waals surface area contributed by atoms with Crippen molar-refractivity contribution in [3.8, 4) is 0 Å². The highest BCUT2D eigenvalue weighted by atomic mass is 79.9. The summed E-state index contributed by atoms with van der Waals surface area (Å²) in [6.45, 7) is 4.63. The summed E-state index contributed by atoms with van der Waals surface area (Å²) in [5.41, 5.74) is 0.540. The summed E-state index contributed by atoms with van der Waals surface area (Å²) in [6, 6.07) is 5.08.